The van der Waals surface area contributed by atoms with Gasteiger partial charge in [0.05, 0.1) is 12.1 Å². The minimum Gasteiger partial charge on any atom is -0.381 e. The Kier molecular flexibility index (Phi) is 3.55. The van der Waals surface area contributed by atoms with Gasteiger partial charge in [0, 0.05) is 31.2 Å². The van der Waals surface area contributed by atoms with E-state index in [0.717, 1.165) is 44.8 Å². The van der Waals surface area contributed by atoms with E-state index in [2.05, 4.69) is 27.2 Å². The lowest BCUT2D eigenvalue weighted by Crippen LogP contribution is -2.72. The number of rotatable bonds is 2. The number of nitrogens with one attached hydrogen (secondary N) is 1. The summed E-state index contributed by atoms with van der Waals surface area (Å²) in [5.41, 5.74) is 0.405. The van der Waals surface area contributed by atoms with Gasteiger partial charge < -0.3 is 15.0 Å². The highest BCUT2D eigenvalue weighted by atomic mass is 16.5. The molecule has 1 spiro atoms. The molecular weight excluding hydrogens is 318 g/mol. The predicted octanol–water partition coefficient (Wildman–Crippen LogP) is 2.27. The van der Waals surface area contributed by atoms with Crippen molar-refractivity contribution < 1.29 is 9.53 Å². The molecule has 136 valence electrons. The zero-order valence-electron chi connectivity index (χ0n) is 14.9. The number of carbonyl (C=O) groups excluding carboxylic acids is 1. The van der Waals surface area contributed by atoms with Gasteiger partial charge >= 0.3 is 6.03 Å². The van der Waals surface area contributed by atoms with Crippen LogP contribution in [0.15, 0.2) is 6.33 Å². The molecule has 7 nitrogen and oxygen atoms in total. The molecular formula is C18H27N5O2. The fraction of sp³-hybridized carbons (Fsp3) is 0.833. The Balaban J connectivity index is 1.30. The van der Waals surface area contributed by atoms with Gasteiger partial charge in [-0.3, -0.25) is 0 Å². The molecule has 0 radical (unpaired) electrons. The van der Waals surface area contributed by atoms with Crippen LogP contribution in [0.25, 0.3) is 0 Å². The SMILES string of the molecule is CC1CC(NC(=O)N2CC3(CCC3)C2C2CCOCC2)c2ncnn21. The molecule has 0 aromatic carbocycles. The molecule has 3 aliphatic heterocycles. The summed E-state index contributed by atoms with van der Waals surface area (Å²) in [5.74, 6) is 1.49. The van der Waals surface area contributed by atoms with Gasteiger partial charge in [0.1, 0.15) is 12.2 Å². The largest absolute Gasteiger partial charge is 0.381 e. The fourth-order valence-electron chi connectivity index (χ4n) is 5.57. The van der Waals surface area contributed by atoms with Crippen molar-refractivity contribution >= 4 is 6.03 Å². The molecule has 2 saturated heterocycles. The van der Waals surface area contributed by atoms with E-state index in [9.17, 15) is 4.79 Å². The second-order valence-corrected chi connectivity index (χ2v) is 8.39. The van der Waals surface area contributed by atoms with E-state index in [1.165, 1.54) is 19.3 Å². The number of amides is 2. The summed E-state index contributed by atoms with van der Waals surface area (Å²) in [4.78, 5) is 19.5. The highest BCUT2D eigenvalue weighted by Crippen LogP contribution is 2.56. The number of urea groups is 1. The topological polar surface area (TPSA) is 72.3 Å². The van der Waals surface area contributed by atoms with Gasteiger partial charge in [-0.15, -0.1) is 0 Å². The number of hydrogen-bond acceptors (Lipinski definition) is 4. The van der Waals surface area contributed by atoms with Crippen molar-refractivity contribution in [2.24, 2.45) is 11.3 Å². The van der Waals surface area contributed by atoms with Gasteiger partial charge in [-0.05, 0) is 44.9 Å². The molecule has 1 saturated carbocycles. The summed E-state index contributed by atoms with van der Waals surface area (Å²) in [7, 11) is 0. The van der Waals surface area contributed by atoms with Gasteiger partial charge in [-0.2, -0.15) is 5.10 Å². The third-order valence-corrected chi connectivity index (χ3v) is 6.98. The first-order chi connectivity index (χ1) is 12.2. The van der Waals surface area contributed by atoms with Gasteiger partial charge in [-0.1, -0.05) is 6.42 Å². The Morgan fingerprint density at radius 2 is 2.16 bits per heavy atom. The molecule has 1 aromatic heterocycles. The average molecular weight is 345 g/mol. The molecule has 2 amide bonds. The number of likely N-dealkylation sites (tertiary alicyclic amines) is 1. The average Bonchev–Trinajstić information content (AvgIpc) is 3.12. The van der Waals surface area contributed by atoms with Crippen molar-refractivity contribution in [3.8, 4) is 0 Å². The molecule has 5 rings (SSSR count). The summed E-state index contributed by atoms with van der Waals surface area (Å²) < 4.78 is 7.48. The maximum Gasteiger partial charge on any atom is 0.318 e. The third kappa shape index (κ3) is 2.31. The van der Waals surface area contributed by atoms with Crippen LogP contribution in [0.4, 0.5) is 4.79 Å². The van der Waals surface area contributed by atoms with Crippen molar-refractivity contribution in [2.75, 3.05) is 19.8 Å². The third-order valence-electron chi connectivity index (χ3n) is 6.98. The van der Waals surface area contributed by atoms with Crippen molar-refractivity contribution in [1.29, 1.82) is 0 Å². The Hall–Kier alpha value is -1.63. The first-order valence-corrected chi connectivity index (χ1v) is 9.72. The van der Waals surface area contributed by atoms with Gasteiger partial charge in [0.25, 0.3) is 0 Å². The molecule has 3 atom stereocenters. The standard InChI is InChI=1S/C18H27N5O2/c1-12-9-14(16-19-11-20-23(12)16)21-17(24)22-10-18(5-2-6-18)15(22)13-3-7-25-8-4-13/h11-15H,2-10H2,1H3,(H,21,24). The van der Waals surface area contributed by atoms with Gasteiger partial charge in [-0.25, -0.2) is 14.5 Å². The van der Waals surface area contributed by atoms with Crippen molar-refractivity contribution in [2.45, 2.75) is 63.6 Å². The van der Waals surface area contributed by atoms with E-state index in [1.807, 2.05) is 4.68 Å². The maximum absolute atomic E-state index is 13.0. The zero-order valence-corrected chi connectivity index (χ0v) is 14.9. The number of fused-ring (bicyclic) bond motifs is 1. The smallest absolute Gasteiger partial charge is 0.318 e. The second kappa shape index (κ2) is 5.69. The van der Waals surface area contributed by atoms with Crippen LogP contribution < -0.4 is 5.32 Å². The van der Waals surface area contributed by atoms with E-state index in [0.29, 0.717) is 23.4 Å². The second-order valence-electron chi connectivity index (χ2n) is 8.39. The predicted molar refractivity (Wildman–Crippen MR) is 90.9 cm³/mol. The minimum absolute atomic E-state index is 0.0155. The molecule has 4 aliphatic rings. The summed E-state index contributed by atoms with van der Waals surface area (Å²) in [6.07, 6.45) is 8.53. The maximum atomic E-state index is 13.0. The first-order valence-electron chi connectivity index (χ1n) is 9.72. The Bertz CT molecular complexity index is 664. The number of aromatic nitrogens is 3. The molecule has 3 unspecified atom stereocenters. The molecule has 4 heterocycles. The molecule has 1 aliphatic carbocycles. The van der Waals surface area contributed by atoms with Crippen LogP contribution in [-0.2, 0) is 4.74 Å². The monoisotopic (exact) mass is 345 g/mol. The summed E-state index contributed by atoms with van der Waals surface area (Å²) in [5, 5.41) is 7.52. The number of hydrogen-bond donors (Lipinski definition) is 1. The zero-order chi connectivity index (χ0) is 17.0. The van der Waals surface area contributed by atoms with Crippen molar-refractivity contribution in [1.82, 2.24) is 25.0 Å². The molecule has 7 heteroatoms. The van der Waals surface area contributed by atoms with Crippen LogP contribution in [0, 0.1) is 11.3 Å². The quantitative estimate of drug-likeness (QED) is 0.892. The molecule has 25 heavy (non-hydrogen) atoms. The van der Waals surface area contributed by atoms with Crippen molar-refractivity contribution in [3.63, 3.8) is 0 Å². The lowest BCUT2D eigenvalue weighted by molar-refractivity contribution is -0.137. The summed E-state index contributed by atoms with van der Waals surface area (Å²) in [6, 6.07) is 0.770. The summed E-state index contributed by atoms with van der Waals surface area (Å²) in [6.45, 7) is 4.74. The highest BCUT2D eigenvalue weighted by Gasteiger charge is 2.60. The lowest BCUT2D eigenvalue weighted by atomic mass is 9.54. The van der Waals surface area contributed by atoms with Crippen LogP contribution in [0.1, 0.15) is 63.4 Å². The van der Waals surface area contributed by atoms with E-state index in [4.69, 9.17) is 4.74 Å². The fourth-order valence-corrected chi connectivity index (χ4v) is 5.57. The van der Waals surface area contributed by atoms with E-state index < -0.39 is 0 Å². The number of nitrogens with zero attached hydrogens (tertiary/aromatic N) is 4. The summed E-state index contributed by atoms with van der Waals surface area (Å²) >= 11 is 0. The Labute approximate surface area is 148 Å². The van der Waals surface area contributed by atoms with E-state index >= 15 is 0 Å². The van der Waals surface area contributed by atoms with E-state index in [-0.39, 0.29) is 12.1 Å². The van der Waals surface area contributed by atoms with Gasteiger partial charge in [0.15, 0.2) is 0 Å². The Morgan fingerprint density at radius 1 is 1.36 bits per heavy atom. The normalized spacial score (nSPS) is 33.6. The highest BCUT2D eigenvalue weighted by molar-refractivity contribution is 5.76. The van der Waals surface area contributed by atoms with Crippen LogP contribution >= 0.6 is 0 Å². The Morgan fingerprint density at radius 3 is 2.88 bits per heavy atom. The molecule has 1 N–H and O–H groups in total. The molecule has 0 bridgehead atoms. The van der Waals surface area contributed by atoms with E-state index in [1.54, 1.807) is 6.33 Å². The van der Waals surface area contributed by atoms with Crippen LogP contribution in [-0.4, -0.2) is 51.5 Å². The number of ether oxygens (including phenoxy) is 1. The van der Waals surface area contributed by atoms with Crippen LogP contribution in [0.3, 0.4) is 0 Å². The molecule has 3 fully saturated rings. The minimum atomic E-state index is -0.0155. The number of carbonyl (C=O) groups is 1. The van der Waals surface area contributed by atoms with Crippen LogP contribution in [0.2, 0.25) is 0 Å². The van der Waals surface area contributed by atoms with Crippen LogP contribution in [0.5, 0.6) is 0 Å². The molecule has 1 aromatic rings. The first kappa shape index (κ1) is 15.6. The van der Waals surface area contributed by atoms with Crippen molar-refractivity contribution in [3.05, 3.63) is 12.2 Å². The van der Waals surface area contributed by atoms with Gasteiger partial charge in [0.2, 0.25) is 0 Å². The lowest BCUT2D eigenvalue weighted by Gasteiger charge is -2.65.